The number of amides is 1. The number of hydrogen-bond acceptors (Lipinski definition) is 3. The minimum absolute atomic E-state index is 0.0198. The average molecular weight is 352 g/mol. The Morgan fingerprint density at radius 3 is 2.24 bits per heavy atom. The number of rotatable bonds is 5. The maximum Gasteiger partial charge on any atom is 0.387 e. The van der Waals surface area contributed by atoms with E-state index in [-0.39, 0.29) is 17.7 Å². The first-order valence-electron chi connectivity index (χ1n) is 8.83. The normalized spacial score (nSPS) is 28.4. The molecule has 6 heteroatoms. The van der Waals surface area contributed by atoms with Crippen LogP contribution >= 0.6 is 0 Å². The van der Waals surface area contributed by atoms with E-state index >= 15 is 0 Å². The lowest BCUT2D eigenvalue weighted by molar-refractivity contribution is -0.0499. The molecule has 1 aromatic rings. The molecule has 2 aliphatic carbocycles. The van der Waals surface area contributed by atoms with Crippen LogP contribution in [0.5, 0.6) is 5.75 Å². The van der Waals surface area contributed by atoms with Crippen LogP contribution < -0.4 is 4.74 Å². The van der Waals surface area contributed by atoms with Gasteiger partial charge >= 0.3 is 6.61 Å². The van der Waals surface area contributed by atoms with Gasteiger partial charge in [-0.2, -0.15) is 8.78 Å². The van der Waals surface area contributed by atoms with E-state index in [9.17, 15) is 13.6 Å². The summed E-state index contributed by atoms with van der Waals surface area (Å²) in [6, 6.07) is 6.93. The van der Waals surface area contributed by atoms with Crippen LogP contribution in [0.4, 0.5) is 8.78 Å². The van der Waals surface area contributed by atoms with Gasteiger partial charge in [0.25, 0.3) is 5.91 Å². The van der Waals surface area contributed by atoms with Crippen molar-refractivity contribution >= 4 is 5.91 Å². The SMILES string of the molecule is CN(C)C1C[C@@H]2CC(N(C)C(=O)c3cccc(OC(F)F)c3)C[C@@H]2C1. The highest BCUT2D eigenvalue weighted by Crippen LogP contribution is 2.46. The number of carbonyl (C=O) groups excluding carboxylic acids is 1. The molecule has 0 bridgehead atoms. The predicted molar refractivity (Wildman–Crippen MR) is 91.9 cm³/mol. The lowest BCUT2D eigenvalue weighted by Crippen LogP contribution is -2.36. The van der Waals surface area contributed by atoms with Gasteiger partial charge < -0.3 is 14.5 Å². The van der Waals surface area contributed by atoms with Crippen molar-refractivity contribution in [3.05, 3.63) is 29.8 Å². The topological polar surface area (TPSA) is 32.8 Å². The van der Waals surface area contributed by atoms with Gasteiger partial charge in [-0.1, -0.05) is 6.07 Å². The zero-order valence-electron chi connectivity index (χ0n) is 15.0. The van der Waals surface area contributed by atoms with E-state index in [1.165, 1.54) is 25.0 Å². The molecule has 0 radical (unpaired) electrons. The fourth-order valence-electron chi connectivity index (χ4n) is 4.47. The Kier molecular flexibility index (Phi) is 5.27. The zero-order valence-corrected chi connectivity index (χ0v) is 15.0. The third-order valence-corrected chi connectivity index (χ3v) is 5.87. The summed E-state index contributed by atoms with van der Waals surface area (Å²) in [6.07, 6.45) is 4.47. The summed E-state index contributed by atoms with van der Waals surface area (Å²) in [5.74, 6) is 1.25. The summed E-state index contributed by atoms with van der Waals surface area (Å²) >= 11 is 0. The Bertz CT molecular complexity index is 609. The molecule has 25 heavy (non-hydrogen) atoms. The van der Waals surface area contributed by atoms with Gasteiger partial charge in [0.05, 0.1) is 0 Å². The van der Waals surface area contributed by atoms with Gasteiger partial charge in [-0.05, 0) is 69.8 Å². The number of fused-ring (bicyclic) bond motifs is 1. The summed E-state index contributed by atoms with van der Waals surface area (Å²) in [4.78, 5) is 16.8. The number of nitrogens with zero attached hydrogens (tertiary/aromatic N) is 2. The van der Waals surface area contributed by atoms with Gasteiger partial charge in [0.1, 0.15) is 5.75 Å². The Hall–Kier alpha value is -1.69. The van der Waals surface area contributed by atoms with Gasteiger partial charge in [-0.3, -0.25) is 4.79 Å². The highest BCUT2D eigenvalue weighted by Gasteiger charge is 2.44. The third-order valence-electron chi connectivity index (χ3n) is 5.87. The lowest BCUT2D eigenvalue weighted by atomic mass is 10.0. The van der Waals surface area contributed by atoms with E-state index < -0.39 is 6.61 Å². The van der Waals surface area contributed by atoms with E-state index in [1.54, 1.807) is 17.0 Å². The lowest BCUT2D eigenvalue weighted by Gasteiger charge is -2.27. The number of alkyl halides is 2. The molecule has 1 amide bonds. The Morgan fingerprint density at radius 2 is 1.68 bits per heavy atom. The molecule has 0 heterocycles. The van der Waals surface area contributed by atoms with Crippen LogP contribution in [-0.4, -0.2) is 55.5 Å². The second-order valence-corrected chi connectivity index (χ2v) is 7.56. The quantitative estimate of drug-likeness (QED) is 0.813. The number of carbonyl (C=O) groups is 1. The molecule has 4 atom stereocenters. The Morgan fingerprint density at radius 1 is 1.08 bits per heavy atom. The standard InChI is InChI=1S/C19H26F2N2O2/c1-22(2)15-7-13-9-16(10-14(13)8-15)23(3)18(24)12-5-4-6-17(11-12)25-19(20)21/h4-6,11,13-16,19H,7-10H2,1-3H3/t13-,14+,15?,16?. The highest BCUT2D eigenvalue weighted by molar-refractivity contribution is 5.94. The van der Waals surface area contributed by atoms with Crippen LogP contribution in [0.3, 0.4) is 0 Å². The summed E-state index contributed by atoms with van der Waals surface area (Å²) in [7, 11) is 6.08. The maximum atomic E-state index is 12.7. The molecule has 0 aliphatic heterocycles. The molecule has 138 valence electrons. The van der Waals surface area contributed by atoms with Gasteiger partial charge in [0.2, 0.25) is 0 Å². The third kappa shape index (κ3) is 3.94. The molecular weight excluding hydrogens is 326 g/mol. The molecule has 3 rings (SSSR count). The van der Waals surface area contributed by atoms with E-state index in [2.05, 4.69) is 23.7 Å². The molecule has 2 aliphatic rings. The molecule has 0 aromatic heterocycles. The van der Waals surface area contributed by atoms with Gasteiger partial charge in [-0.15, -0.1) is 0 Å². The van der Waals surface area contributed by atoms with Crippen molar-refractivity contribution in [2.45, 2.75) is 44.4 Å². The maximum absolute atomic E-state index is 12.7. The molecule has 1 aromatic carbocycles. The number of ether oxygens (including phenoxy) is 1. The second-order valence-electron chi connectivity index (χ2n) is 7.56. The molecule has 0 spiro atoms. The minimum atomic E-state index is -2.89. The van der Waals surface area contributed by atoms with Crippen LogP contribution in [0.1, 0.15) is 36.0 Å². The molecule has 0 N–H and O–H groups in total. The molecule has 0 saturated heterocycles. The van der Waals surface area contributed by atoms with Crippen molar-refractivity contribution in [1.29, 1.82) is 0 Å². The summed E-state index contributed by atoms with van der Waals surface area (Å²) in [5.41, 5.74) is 0.392. The Balaban J connectivity index is 1.63. The largest absolute Gasteiger partial charge is 0.435 e. The van der Waals surface area contributed by atoms with Crippen LogP contribution in [0, 0.1) is 11.8 Å². The smallest absolute Gasteiger partial charge is 0.387 e. The highest BCUT2D eigenvalue weighted by atomic mass is 19.3. The van der Waals surface area contributed by atoms with Gasteiger partial charge in [-0.25, -0.2) is 0 Å². The molecule has 2 saturated carbocycles. The molecule has 2 fully saturated rings. The van der Waals surface area contributed by atoms with Crippen molar-refractivity contribution < 1.29 is 18.3 Å². The molecule has 2 unspecified atom stereocenters. The van der Waals surface area contributed by atoms with Crippen LogP contribution in [0.2, 0.25) is 0 Å². The van der Waals surface area contributed by atoms with Crippen LogP contribution in [0.25, 0.3) is 0 Å². The number of benzene rings is 1. The first-order valence-corrected chi connectivity index (χ1v) is 8.83. The number of hydrogen-bond donors (Lipinski definition) is 0. The molecule has 4 nitrogen and oxygen atoms in total. The predicted octanol–water partition coefficient (Wildman–Crippen LogP) is 3.48. The minimum Gasteiger partial charge on any atom is -0.435 e. The summed E-state index contributed by atoms with van der Waals surface area (Å²) < 4.78 is 29.1. The molecular formula is C19H26F2N2O2. The van der Waals surface area contributed by atoms with Crippen molar-refractivity contribution in [3.63, 3.8) is 0 Å². The van der Waals surface area contributed by atoms with Gasteiger partial charge in [0.15, 0.2) is 0 Å². The number of halogens is 2. The van der Waals surface area contributed by atoms with Crippen LogP contribution in [0.15, 0.2) is 24.3 Å². The van der Waals surface area contributed by atoms with Crippen molar-refractivity contribution in [3.8, 4) is 5.75 Å². The first kappa shape index (κ1) is 18.1. The van der Waals surface area contributed by atoms with E-state index in [4.69, 9.17) is 0 Å². The zero-order chi connectivity index (χ0) is 18.1. The monoisotopic (exact) mass is 352 g/mol. The fourth-order valence-corrected chi connectivity index (χ4v) is 4.47. The summed E-state index contributed by atoms with van der Waals surface area (Å²) in [6.45, 7) is -2.89. The van der Waals surface area contributed by atoms with E-state index in [0.29, 0.717) is 23.4 Å². The van der Waals surface area contributed by atoms with Crippen LogP contribution in [-0.2, 0) is 0 Å². The second kappa shape index (κ2) is 7.28. The van der Waals surface area contributed by atoms with E-state index in [0.717, 1.165) is 12.8 Å². The van der Waals surface area contributed by atoms with Crippen molar-refractivity contribution in [2.24, 2.45) is 11.8 Å². The summed E-state index contributed by atoms with van der Waals surface area (Å²) in [5, 5.41) is 0. The van der Waals surface area contributed by atoms with Gasteiger partial charge in [0, 0.05) is 24.7 Å². The average Bonchev–Trinajstić information content (AvgIpc) is 3.12. The fraction of sp³-hybridized carbons (Fsp3) is 0.632. The van der Waals surface area contributed by atoms with Crippen molar-refractivity contribution in [1.82, 2.24) is 9.80 Å². The first-order chi connectivity index (χ1) is 11.8. The Labute approximate surface area is 147 Å². The van der Waals surface area contributed by atoms with E-state index in [1.807, 2.05) is 7.05 Å². The van der Waals surface area contributed by atoms with Crippen molar-refractivity contribution in [2.75, 3.05) is 21.1 Å².